The number of aliphatic hydroxyl groups excluding tert-OH is 1. The van der Waals surface area contributed by atoms with Crippen molar-refractivity contribution in [2.45, 2.75) is 123 Å². The molecule has 1 spiro atoms. The van der Waals surface area contributed by atoms with E-state index < -0.39 is 5.79 Å². The van der Waals surface area contributed by atoms with Crippen LogP contribution in [0.3, 0.4) is 0 Å². The van der Waals surface area contributed by atoms with E-state index in [-0.39, 0.29) is 16.9 Å². The number of carbonyl (C=O) groups excluding carboxylic acids is 1. The van der Waals surface area contributed by atoms with Crippen molar-refractivity contribution < 1.29 is 19.4 Å². The standard InChI is InChI=1S/C38H56N2O4/c1-6-7-29(41)17-19-39-25(2)40-22-26-8-10-27(11-9-26)32-21-37(5)33(14-15-34(37)42)31-13-12-28-20-38(18-16-30(28)35(31)32)43-23-36(3,4)24-44-38/h8-11,28,31-34,39-40,42H,2,6-7,12-24H2,1,3-5H3. The molecule has 242 valence electrons. The molecule has 0 bridgehead atoms. The van der Waals surface area contributed by atoms with Crippen LogP contribution >= 0.6 is 0 Å². The molecule has 4 aliphatic carbocycles. The number of hydrogen-bond donors (Lipinski definition) is 3. The molecule has 1 aromatic carbocycles. The van der Waals surface area contributed by atoms with Gasteiger partial charge in [-0.15, -0.1) is 0 Å². The number of aliphatic hydroxyl groups is 1. The average molecular weight is 605 g/mol. The molecule has 3 saturated carbocycles. The van der Waals surface area contributed by atoms with E-state index in [9.17, 15) is 9.90 Å². The lowest BCUT2D eigenvalue weighted by Gasteiger charge is -2.55. The second kappa shape index (κ2) is 12.6. The summed E-state index contributed by atoms with van der Waals surface area (Å²) in [6.45, 7) is 15.8. The molecule has 0 amide bonds. The first-order chi connectivity index (χ1) is 21.0. The molecule has 6 heteroatoms. The van der Waals surface area contributed by atoms with Gasteiger partial charge in [-0.2, -0.15) is 0 Å². The first kappa shape index (κ1) is 31.8. The summed E-state index contributed by atoms with van der Waals surface area (Å²) in [6.07, 6.45) is 10.4. The Labute approximate surface area is 265 Å². The Bertz CT molecular complexity index is 1240. The van der Waals surface area contributed by atoms with Crippen molar-refractivity contribution in [2.24, 2.45) is 28.6 Å². The zero-order valence-corrected chi connectivity index (χ0v) is 27.7. The number of benzene rings is 1. The highest BCUT2D eigenvalue weighted by atomic mass is 16.7. The van der Waals surface area contributed by atoms with E-state index in [0.29, 0.717) is 55.4 Å². The summed E-state index contributed by atoms with van der Waals surface area (Å²) in [7, 11) is 0. The predicted octanol–water partition coefficient (Wildman–Crippen LogP) is 7.14. The number of ketones is 1. The summed E-state index contributed by atoms with van der Waals surface area (Å²) in [6, 6.07) is 9.17. The molecule has 6 atom stereocenters. The molecule has 0 radical (unpaired) electrons. The van der Waals surface area contributed by atoms with Gasteiger partial charge >= 0.3 is 0 Å². The van der Waals surface area contributed by atoms with Gasteiger partial charge in [0.05, 0.1) is 25.1 Å². The lowest BCUT2D eigenvalue weighted by atomic mass is 9.52. The normalized spacial score (nSPS) is 33.7. The number of nitrogens with one attached hydrogen (secondary N) is 2. The zero-order chi connectivity index (χ0) is 31.1. The van der Waals surface area contributed by atoms with Crippen LogP contribution in [0.4, 0.5) is 0 Å². The summed E-state index contributed by atoms with van der Waals surface area (Å²) in [5, 5.41) is 17.9. The molecule has 1 saturated heterocycles. The van der Waals surface area contributed by atoms with Crippen LogP contribution in [0.1, 0.15) is 115 Å². The van der Waals surface area contributed by atoms with Gasteiger partial charge in [0, 0.05) is 50.1 Å². The summed E-state index contributed by atoms with van der Waals surface area (Å²) < 4.78 is 13.0. The Morgan fingerprint density at radius 1 is 1.00 bits per heavy atom. The van der Waals surface area contributed by atoms with E-state index >= 15 is 0 Å². The fraction of sp³-hybridized carbons (Fsp3) is 0.711. The van der Waals surface area contributed by atoms with Crippen LogP contribution in [0, 0.1) is 28.6 Å². The van der Waals surface area contributed by atoms with E-state index in [0.717, 1.165) is 64.0 Å². The Balaban J connectivity index is 1.18. The molecule has 1 heterocycles. The van der Waals surface area contributed by atoms with Gasteiger partial charge in [-0.1, -0.05) is 69.7 Å². The van der Waals surface area contributed by atoms with Gasteiger partial charge < -0.3 is 25.2 Å². The second-order valence-corrected chi connectivity index (χ2v) is 15.7. The number of Topliss-reactive ketones (excluding diaryl/α,β-unsaturated/α-hetero) is 1. The highest BCUT2D eigenvalue weighted by Crippen LogP contribution is 2.65. The summed E-state index contributed by atoms with van der Waals surface area (Å²) in [4.78, 5) is 11.8. The van der Waals surface area contributed by atoms with Crippen LogP contribution in [0.2, 0.25) is 0 Å². The Morgan fingerprint density at radius 2 is 1.75 bits per heavy atom. The minimum atomic E-state index is -0.405. The lowest BCUT2D eigenvalue weighted by molar-refractivity contribution is -0.312. The van der Waals surface area contributed by atoms with Gasteiger partial charge in [-0.3, -0.25) is 4.79 Å². The van der Waals surface area contributed by atoms with Crippen molar-refractivity contribution in [1.29, 1.82) is 0 Å². The molecule has 3 N–H and O–H groups in total. The monoisotopic (exact) mass is 604 g/mol. The van der Waals surface area contributed by atoms with Crippen molar-refractivity contribution in [3.63, 3.8) is 0 Å². The van der Waals surface area contributed by atoms with Crippen molar-refractivity contribution in [1.82, 2.24) is 10.6 Å². The molecule has 0 aromatic heterocycles. The number of allylic oxidation sites excluding steroid dienone is 2. The molecule has 4 fully saturated rings. The molecule has 6 unspecified atom stereocenters. The van der Waals surface area contributed by atoms with E-state index in [2.05, 4.69) is 62.2 Å². The topological polar surface area (TPSA) is 79.8 Å². The van der Waals surface area contributed by atoms with Crippen LogP contribution in [-0.4, -0.2) is 42.5 Å². The largest absolute Gasteiger partial charge is 0.393 e. The molecule has 5 aliphatic rings. The zero-order valence-electron chi connectivity index (χ0n) is 27.7. The van der Waals surface area contributed by atoms with Gasteiger partial charge in [-0.05, 0) is 79.2 Å². The molecule has 1 aromatic rings. The van der Waals surface area contributed by atoms with Gasteiger partial charge in [0.1, 0.15) is 5.78 Å². The molecule has 1 aliphatic heterocycles. The third-order valence-corrected chi connectivity index (χ3v) is 11.9. The highest BCUT2D eigenvalue weighted by molar-refractivity contribution is 5.78. The van der Waals surface area contributed by atoms with Crippen LogP contribution in [0.5, 0.6) is 0 Å². The van der Waals surface area contributed by atoms with Crippen molar-refractivity contribution >= 4 is 5.78 Å². The van der Waals surface area contributed by atoms with Gasteiger partial charge in [-0.25, -0.2) is 0 Å². The maximum absolute atomic E-state index is 11.8. The van der Waals surface area contributed by atoms with Crippen molar-refractivity contribution in [3.8, 4) is 0 Å². The molecule has 44 heavy (non-hydrogen) atoms. The van der Waals surface area contributed by atoms with Gasteiger partial charge in [0.25, 0.3) is 0 Å². The first-order valence-corrected chi connectivity index (χ1v) is 17.5. The SMILES string of the molecule is C=C(NCCC(=O)CCC)NCc1ccc(C2CC3(C)C(O)CCC3C3CCC4CC5(CCC4=C23)OCC(C)(C)CO5)cc1. The molecule has 6 rings (SSSR count). The van der Waals surface area contributed by atoms with Crippen LogP contribution in [0.15, 0.2) is 47.8 Å². The van der Waals surface area contributed by atoms with Crippen LogP contribution in [-0.2, 0) is 20.8 Å². The number of hydrogen-bond acceptors (Lipinski definition) is 6. The minimum Gasteiger partial charge on any atom is -0.393 e. The summed E-state index contributed by atoms with van der Waals surface area (Å²) in [5.74, 6) is 2.69. The van der Waals surface area contributed by atoms with Gasteiger partial charge in [0.15, 0.2) is 5.79 Å². The summed E-state index contributed by atoms with van der Waals surface area (Å²) in [5.41, 5.74) is 6.08. The van der Waals surface area contributed by atoms with Crippen molar-refractivity contribution in [2.75, 3.05) is 19.8 Å². The Morgan fingerprint density at radius 3 is 2.48 bits per heavy atom. The summed E-state index contributed by atoms with van der Waals surface area (Å²) >= 11 is 0. The Hall–Kier alpha value is -2.15. The number of fused-ring (bicyclic) bond motifs is 4. The molecular formula is C38H56N2O4. The number of rotatable bonds is 10. The predicted molar refractivity (Wildman–Crippen MR) is 175 cm³/mol. The van der Waals surface area contributed by atoms with Gasteiger partial charge in [0.2, 0.25) is 0 Å². The third kappa shape index (κ3) is 6.28. The maximum atomic E-state index is 11.8. The smallest absolute Gasteiger partial charge is 0.169 e. The fourth-order valence-electron chi connectivity index (χ4n) is 9.40. The maximum Gasteiger partial charge on any atom is 0.169 e. The van der Waals surface area contributed by atoms with Crippen LogP contribution in [0.25, 0.3) is 0 Å². The van der Waals surface area contributed by atoms with E-state index in [1.165, 1.54) is 24.0 Å². The number of carbonyl (C=O) groups is 1. The lowest BCUT2D eigenvalue weighted by Crippen LogP contribution is -2.52. The molecule has 6 nitrogen and oxygen atoms in total. The third-order valence-electron chi connectivity index (χ3n) is 11.9. The first-order valence-electron chi connectivity index (χ1n) is 17.5. The van der Waals surface area contributed by atoms with E-state index in [4.69, 9.17) is 9.47 Å². The average Bonchev–Trinajstić information content (AvgIpc) is 3.31. The molecular weight excluding hydrogens is 548 g/mol. The number of ether oxygens (including phenoxy) is 2. The Kier molecular flexibility index (Phi) is 9.09. The van der Waals surface area contributed by atoms with E-state index in [1.54, 1.807) is 11.1 Å². The second-order valence-electron chi connectivity index (χ2n) is 15.7. The quantitative estimate of drug-likeness (QED) is 0.247. The van der Waals surface area contributed by atoms with E-state index in [1.807, 2.05) is 6.92 Å². The van der Waals surface area contributed by atoms with Crippen LogP contribution < -0.4 is 10.6 Å². The minimum absolute atomic E-state index is 0.0224. The highest BCUT2D eigenvalue weighted by Gasteiger charge is 2.57. The van der Waals surface area contributed by atoms with Crippen molar-refractivity contribution in [3.05, 3.63) is 58.9 Å². The fourth-order valence-corrected chi connectivity index (χ4v) is 9.40.